The van der Waals surface area contributed by atoms with Gasteiger partial charge in [0.05, 0.1) is 5.69 Å². The minimum atomic E-state index is 0.0957. The van der Waals surface area contributed by atoms with Gasteiger partial charge in [-0.1, -0.05) is 19.1 Å². The molecule has 3 aromatic rings. The minimum absolute atomic E-state index is 0.0957. The number of piperidine rings is 1. The van der Waals surface area contributed by atoms with E-state index < -0.39 is 0 Å². The molecule has 2 unspecified atom stereocenters. The Kier molecular flexibility index (Phi) is 5.04. The molecule has 26 heavy (non-hydrogen) atoms. The number of hydrogen-bond donors (Lipinski definition) is 2. The summed E-state index contributed by atoms with van der Waals surface area (Å²) < 4.78 is 2.02. The van der Waals surface area contributed by atoms with E-state index >= 15 is 0 Å². The summed E-state index contributed by atoms with van der Waals surface area (Å²) in [4.78, 5) is 18.0. The molecule has 136 valence electrons. The quantitative estimate of drug-likeness (QED) is 0.715. The Morgan fingerprint density at radius 2 is 2.27 bits per heavy atom. The number of imidazole rings is 1. The third kappa shape index (κ3) is 3.81. The molecule has 2 atom stereocenters. The molecule has 5 nitrogen and oxygen atoms in total. The van der Waals surface area contributed by atoms with Crippen LogP contribution in [0, 0.1) is 11.8 Å². The molecule has 1 aromatic carbocycles. The van der Waals surface area contributed by atoms with E-state index in [0.29, 0.717) is 18.3 Å². The summed E-state index contributed by atoms with van der Waals surface area (Å²) in [5, 5.41) is 8.48. The molecule has 0 radical (unpaired) electrons. The molecular formula is C20H24N4OS. The van der Waals surface area contributed by atoms with Crippen LogP contribution in [0.3, 0.4) is 0 Å². The highest BCUT2D eigenvalue weighted by Crippen LogP contribution is 2.25. The Labute approximate surface area is 157 Å². The molecule has 0 saturated carbocycles. The molecular weight excluding hydrogens is 344 g/mol. The summed E-state index contributed by atoms with van der Waals surface area (Å²) in [7, 11) is 0. The van der Waals surface area contributed by atoms with E-state index in [4.69, 9.17) is 0 Å². The molecule has 0 bridgehead atoms. The highest BCUT2D eigenvalue weighted by atomic mass is 32.1. The molecule has 0 spiro atoms. The number of hydrogen-bond acceptors (Lipinski definition) is 4. The Morgan fingerprint density at radius 1 is 1.42 bits per heavy atom. The first kappa shape index (κ1) is 17.2. The van der Waals surface area contributed by atoms with Gasteiger partial charge in [0, 0.05) is 35.4 Å². The molecule has 1 saturated heterocycles. The van der Waals surface area contributed by atoms with Crippen molar-refractivity contribution < 1.29 is 4.79 Å². The van der Waals surface area contributed by atoms with Gasteiger partial charge >= 0.3 is 0 Å². The van der Waals surface area contributed by atoms with E-state index in [1.54, 1.807) is 11.3 Å². The maximum absolute atomic E-state index is 12.4. The van der Waals surface area contributed by atoms with Crippen LogP contribution in [-0.4, -0.2) is 28.4 Å². The summed E-state index contributed by atoms with van der Waals surface area (Å²) in [6.45, 7) is 4.33. The van der Waals surface area contributed by atoms with Crippen LogP contribution >= 0.6 is 11.3 Å². The molecule has 4 rings (SSSR count). The minimum Gasteiger partial charge on any atom is -0.326 e. The zero-order chi connectivity index (χ0) is 17.9. The van der Waals surface area contributed by atoms with E-state index in [2.05, 4.69) is 22.5 Å². The van der Waals surface area contributed by atoms with Crippen molar-refractivity contribution >= 4 is 27.9 Å². The third-order valence-electron chi connectivity index (χ3n) is 5.20. The molecule has 2 N–H and O–H groups in total. The maximum Gasteiger partial charge on any atom is 0.224 e. The SMILES string of the molecule is CC(CC(=O)Nc1ccc(-c2cn3ccsc3n2)cc1)C1CCCNC1. The zero-order valence-corrected chi connectivity index (χ0v) is 15.8. The number of amides is 1. The molecule has 6 heteroatoms. The zero-order valence-electron chi connectivity index (χ0n) is 14.9. The summed E-state index contributed by atoms with van der Waals surface area (Å²) in [6.07, 6.45) is 7.04. The van der Waals surface area contributed by atoms with Crippen molar-refractivity contribution in [1.82, 2.24) is 14.7 Å². The molecule has 1 fully saturated rings. The molecule has 0 aliphatic carbocycles. The average molecular weight is 369 g/mol. The van der Waals surface area contributed by atoms with Gasteiger partial charge in [0.25, 0.3) is 0 Å². The number of rotatable bonds is 5. The number of fused-ring (bicyclic) bond motifs is 1. The van der Waals surface area contributed by atoms with Crippen molar-refractivity contribution in [3.63, 3.8) is 0 Å². The van der Waals surface area contributed by atoms with Crippen molar-refractivity contribution in [1.29, 1.82) is 0 Å². The number of benzene rings is 1. The van der Waals surface area contributed by atoms with Gasteiger partial charge in [0.2, 0.25) is 5.91 Å². The third-order valence-corrected chi connectivity index (χ3v) is 5.98. The van der Waals surface area contributed by atoms with Crippen LogP contribution in [0.1, 0.15) is 26.2 Å². The number of carbonyl (C=O) groups excluding carboxylic acids is 1. The highest BCUT2D eigenvalue weighted by molar-refractivity contribution is 7.15. The smallest absolute Gasteiger partial charge is 0.224 e. The van der Waals surface area contributed by atoms with Crippen molar-refractivity contribution in [3.8, 4) is 11.3 Å². The van der Waals surface area contributed by atoms with E-state index in [-0.39, 0.29) is 5.91 Å². The van der Waals surface area contributed by atoms with E-state index in [1.807, 2.05) is 46.4 Å². The Bertz CT molecular complexity index is 848. The number of anilines is 1. The highest BCUT2D eigenvalue weighted by Gasteiger charge is 2.22. The number of nitrogens with zero attached hydrogens (tertiary/aromatic N) is 2. The molecule has 1 aliphatic heterocycles. The maximum atomic E-state index is 12.4. The number of carbonyl (C=O) groups is 1. The second-order valence-corrected chi connectivity index (χ2v) is 8.01. The van der Waals surface area contributed by atoms with Crippen molar-refractivity contribution in [2.75, 3.05) is 18.4 Å². The van der Waals surface area contributed by atoms with Crippen LogP contribution in [0.4, 0.5) is 5.69 Å². The summed E-state index contributed by atoms with van der Waals surface area (Å²) in [6, 6.07) is 7.92. The summed E-state index contributed by atoms with van der Waals surface area (Å²) in [5.41, 5.74) is 2.85. The standard InChI is InChI=1S/C20H24N4OS/c1-14(16-3-2-8-21-12-16)11-19(25)22-17-6-4-15(5-7-17)18-13-24-9-10-26-20(24)23-18/h4-7,9-10,13-14,16,21H,2-3,8,11-12H2,1H3,(H,22,25). The predicted molar refractivity (Wildman–Crippen MR) is 107 cm³/mol. The van der Waals surface area contributed by atoms with Crippen molar-refractivity contribution in [2.45, 2.75) is 26.2 Å². The van der Waals surface area contributed by atoms with E-state index in [0.717, 1.165) is 35.0 Å². The van der Waals surface area contributed by atoms with Gasteiger partial charge in [0.1, 0.15) is 0 Å². The fraction of sp³-hybridized carbons (Fsp3) is 0.400. The second kappa shape index (κ2) is 7.60. The molecule has 1 aliphatic rings. The van der Waals surface area contributed by atoms with Gasteiger partial charge in [-0.3, -0.25) is 9.20 Å². The van der Waals surface area contributed by atoms with Crippen molar-refractivity contribution in [2.24, 2.45) is 11.8 Å². The topological polar surface area (TPSA) is 58.4 Å². The normalized spacial score (nSPS) is 18.7. The fourth-order valence-corrected chi connectivity index (χ4v) is 4.33. The lowest BCUT2D eigenvalue weighted by Gasteiger charge is -2.28. The number of thiazole rings is 1. The lowest BCUT2D eigenvalue weighted by molar-refractivity contribution is -0.117. The Morgan fingerprint density at radius 3 is 3.00 bits per heavy atom. The second-order valence-electron chi connectivity index (χ2n) is 7.13. The fourth-order valence-electron chi connectivity index (χ4n) is 3.63. The van der Waals surface area contributed by atoms with Gasteiger partial charge in [-0.2, -0.15) is 0 Å². The first-order chi connectivity index (χ1) is 12.7. The summed E-state index contributed by atoms with van der Waals surface area (Å²) in [5.74, 6) is 1.10. The molecule has 2 aromatic heterocycles. The van der Waals surface area contributed by atoms with Gasteiger partial charge in [-0.05, 0) is 49.9 Å². The van der Waals surface area contributed by atoms with Crippen LogP contribution in [0.2, 0.25) is 0 Å². The largest absolute Gasteiger partial charge is 0.326 e. The predicted octanol–water partition coefficient (Wildman–Crippen LogP) is 4.03. The Balaban J connectivity index is 1.36. The Hall–Kier alpha value is -2.18. The van der Waals surface area contributed by atoms with Gasteiger partial charge in [-0.25, -0.2) is 4.98 Å². The van der Waals surface area contributed by atoms with E-state index in [1.165, 1.54) is 12.8 Å². The van der Waals surface area contributed by atoms with Crippen LogP contribution < -0.4 is 10.6 Å². The van der Waals surface area contributed by atoms with E-state index in [9.17, 15) is 4.79 Å². The average Bonchev–Trinajstić information content (AvgIpc) is 3.25. The van der Waals surface area contributed by atoms with Crippen LogP contribution in [0.15, 0.2) is 42.0 Å². The first-order valence-corrected chi connectivity index (χ1v) is 10.1. The number of aromatic nitrogens is 2. The van der Waals surface area contributed by atoms with Crippen LogP contribution in [0.25, 0.3) is 16.2 Å². The first-order valence-electron chi connectivity index (χ1n) is 9.22. The summed E-state index contributed by atoms with van der Waals surface area (Å²) >= 11 is 1.62. The van der Waals surface area contributed by atoms with Crippen LogP contribution in [-0.2, 0) is 4.79 Å². The van der Waals surface area contributed by atoms with Crippen molar-refractivity contribution in [3.05, 3.63) is 42.0 Å². The van der Waals surface area contributed by atoms with Gasteiger partial charge in [-0.15, -0.1) is 11.3 Å². The number of nitrogens with one attached hydrogen (secondary N) is 2. The monoisotopic (exact) mass is 368 g/mol. The molecule has 1 amide bonds. The van der Waals surface area contributed by atoms with Crippen LogP contribution in [0.5, 0.6) is 0 Å². The van der Waals surface area contributed by atoms with Gasteiger partial charge < -0.3 is 10.6 Å². The lowest BCUT2D eigenvalue weighted by atomic mass is 9.85. The molecule has 3 heterocycles. The lowest BCUT2D eigenvalue weighted by Crippen LogP contribution is -2.34. The van der Waals surface area contributed by atoms with Gasteiger partial charge in [0.15, 0.2) is 4.96 Å².